The molecule has 0 saturated carbocycles. The summed E-state index contributed by atoms with van der Waals surface area (Å²) in [4.78, 5) is 15.8. The van der Waals surface area contributed by atoms with Crippen LogP contribution >= 0.6 is 0 Å². The SMILES string of the molecule is Cc1cccc(S(=O)(=O)NCC(=O)NCc2cccnc2)c1. The minimum atomic E-state index is -3.68. The molecule has 0 radical (unpaired) electrons. The molecule has 2 N–H and O–H groups in total. The lowest BCUT2D eigenvalue weighted by atomic mass is 10.2. The van der Waals surface area contributed by atoms with E-state index in [4.69, 9.17) is 0 Å². The number of carbonyl (C=O) groups excluding carboxylic acids is 1. The molecule has 0 fully saturated rings. The van der Waals surface area contributed by atoms with Crippen molar-refractivity contribution in [3.8, 4) is 0 Å². The van der Waals surface area contributed by atoms with Gasteiger partial charge < -0.3 is 5.32 Å². The molecule has 0 atom stereocenters. The molecular formula is C15H17N3O3S. The second-order valence-electron chi connectivity index (χ2n) is 4.78. The lowest BCUT2D eigenvalue weighted by molar-refractivity contribution is -0.120. The zero-order chi connectivity index (χ0) is 16.0. The average molecular weight is 319 g/mol. The number of benzene rings is 1. The van der Waals surface area contributed by atoms with Crippen molar-refractivity contribution in [1.29, 1.82) is 0 Å². The Kier molecular flexibility index (Phi) is 5.24. The quantitative estimate of drug-likeness (QED) is 0.831. The molecule has 1 amide bonds. The first-order valence-corrected chi connectivity index (χ1v) is 8.17. The van der Waals surface area contributed by atoms with E-state index >= 15 is 0 Å². The predicted molar refractivity (Wildman–Crippen MR) is 82.5 cm³/mol. The van der Waals surface area contributed by atoms with Gasteiger partial charge >= 0.3 is 0 Å². The topological polar surface area (TPSA) is 88.2 Å². The second-order valence-corrected chi connectivity index (χ2v) is 6.55. The Morgan fingerprint density at radius 1 is 1.23 bits per heavy atom. The Balaban J connectivity index is 1.88. The van der Waals surface area contributed by atoms with Gasteiger partial charge in [-0.2, -0.15) is 0 Å². The number of hydrogen-bond acceptors (Lipinski definition) is 4. The zero-order valence-corrected chi connectivity index (χ0v) is 12.9. The monoisotopic (exact) mass is 319 g/mol. The van der Waals surface area contributed by atoms with Gasteiger partial charge in [0.15, 0.2) is 0 Å². The highest BCUT2D eigenvalue weighted by Crippen LogP contribution is 2.10. The van der Waals surface area contributed by atoms with E-state index < -0.39 is 15.9 Å². The van der Waals surface area contributed by atoms with Crippen molar-refractivity contribution in [2.24, 2.45) is 0 Å². The van der Waals surface area contributed by atoms with Crippen LogP contribution < -0.4 is 10.0 Å². The first-order chi connectivity index (χ1) is 10.5. The second kappa shape index (κ2) is 7.15. The van der Waals surface area contributed by atoms with E-state index in [-0.39, 0.29) is 11.4 Å². The lowest BCUT2D eigenvalue weighted by Crippen LogP contribution is -2.36. The Bertz CT molecular complexity index is 746. The van der Waals surface area contributed by atoms with Gasteiger partial charge in [-0.15, -0.1) is 0 Å². The van der Waals surface area contributed by atoms with Gasteiger partial charge in [-0.3, -0.25) is 9.78 Å². The number of amides is 1. The fourth-order valence-corrected chi connectivity index (χ4v) is 2.88. The molecule has 0 bridgehead atoms. The third-order valence-corrected chi connectivity index (χ3v) is 4.33. The fraction of sp³-hybridized carbons (Fsp3) is 0.200. The Hall–Kier alpha value is -2.25. The third kappa shape index (κ3) is 4.64. The largest absolute Gasteiger partial charge is 0.351 e. The van der Waals surface area contributed by atoms with Crippen molar-refractivity contribution in [3.05, 3.63) is 59.9 Å². The molecule has 7 heteroatoms. The average Bonchev–Trinajstić information content (AvgIpc) is 2.52. The van der Waals surface area contributed by atoms with E-state index in [1.807, 2.05) is 6.07 Å². The zero-order valence-electron chi connectivity index (χ0n) is 12.1. The maximum atomic E-state index is 12.1. The number of aryl methyl sites for hydroxylation is 1. The Labute approximate surface area is 129 Å². The molecule has 1 heterocycles. The molecule has 0 unspecified atom stereocenters. The van der Waals surface area contributed by atoms with Crippen LogP contribution in [0.2, 0.25) is 0 Å². The van der Waals surface area contributed by atoms with Gasteiger partial charge in [-0.25, -0.2) is 13.1 Å². The van der Waals surface area contributed by atoms with Crippen LogP contribution in [-0.2, 0) is 21.4 Å². The van der Waals surface area contributed by atoms with E-state index in [1.165, 1.54) is 6.07 Å². The van der Waals surface area contributed by atoms with Gasteiger partial charge in [0, 0.05) is 18.9 Å². The van der Waals surface area contributed by atoms with E-state index in [0.29, 0.717) is 6.54 Å². The summed E-state index contributed by atoms with van der Waals surface area (Å²) in [6, 6.07) is 10.1. The molecule has 0 saturated heterocycles. The number of sulfonamides is 1. The van der Waals surface area contributed by atoms with Crippen molar-refractivity contribution < 1.29 is 13.2 Å². The highest BCUT2D eigenvalue weighted by molar-refractivity contribution is 7.89. The van der Waals surface area contributed by atoms with Gasteiger partial charge in [0.1, 0.15) is 0 Å². The molecule has 116 valence electrons. The third-order valence-electron chi connectivity index (χ3n) is 2.94. The van der Waals surface area contributed by atoms with Crippen LogP contribution in [0.4, 0.5) is 0 Å². The summed E-state index contributed by atoms with van der Waals surface area (Å²) in [5.74, 6) is -0.403. The predicted octanol–water partition coefficient (Wildman–Crippen LogP) is 0.985. The summed E-state index contributed by atoms with van der Waals surface area (Å²) in [6.07, 6.45) is 3.28. The van der Waals surface area contributed by atoms with E-state index in [9.17, 15) is 13.2 Å². The summed E-state index contributed by atoms with van der Waals surface area (Å²) in [6.45, 7) is 1.80. The number of hydrogen-bond donors (Lipinski definition) is 2. The summed E-state index contributed by atoms with van der Waals surface area (Å²) in [5, 5.41) is 2.63. The molecule has 22 heavy (non-hydrogen) atoms. The van der Waals surface area contributed by atoms with Crippen LogP contribution in [0.15, 0.2) is 53.7 Å². The minimum absolute atomic E-state index is 0.146. The van der Waals surface area contributed by atoms with E-state index in [0.717, 1.165) is 11.1 Å². The first-order valence-electron chi connectivity index (χ1n) is 6.69. The Morgan fingerprint density at radius 3 is 2.73 bits per heavy atom. The van der Waals surface area contributed by atoms with Gasteiger partial charge in [0.25, 0.3) is 0 Å². The normalized spacial score (nSPS) is 11.1. The number of nitrogens with zero attached hydrogens (tertiary/aromatic N) is 1. The van der Waals surface area contributed by atoms with Crippen LogP contribution in [0.1, 0.15) is 11.1 Å². The van der Waals surface area contributed by atoms with Crippen LogP contribution in [0.25, 0.3) is 0 Å². The highest BCUT2D eigenvalue weighted by atomic mass is 32.2. The molecule has 0 aliphatic carbocycles. The molecule has 0 spiro atoms. The smallest absolute Gasteiger partial charge is 0.241 e. The first kappa shape index (κ1) is 16.1. The van der Waals surface area contributed by atoms with Gasteiger partial charge in [0.2, 0.25) is 15.9 Å². The Morgan fingerprint density at radius 2 is 2.05 bits per heavy atom. The molecular weight excluding hydrogens is 302 g/mol. The lowest BCUT2D eigenvalue weighted by Gasteiger charge is -2.08. The highest BCUT2D eigenvalue weighted by Gasteiger charge is 2.15. The minimum Gasteiger partial charge on any atom is -0.351 e. The van der Waals surface area contributed by atoms with E-state index in [2.05, 4.69) is 15.0 Å². The molecule has 2 rings (SSSR count). The number of nitrogens with one attached hydrogen (secondary N) is 2. The molecule has 2 aromatic rings. The fourth-order valence-electron chi connectivity index (χ4n) is 1.79. The van der Waals surface area contributed by atoms with Gasteiger partial charge in [-0.05, 0) is 36.2 Å². The van der Waals surface area contributed by atoms with Crippen LogP contribution in [0.3, 0.4) is 0 Å². The van der Waals surface area contributed by atoms with Gasteiger partial charge in [-0.1, -0.05) is 18.2 Å². The summed E-state index contributed by atoms with van der Waals surface area (Å²) in [5.41, 5.74) is 1.68. The number of carbonyl (C=O) groups is 1. The summed E-state index contributed by atoms with van der Waals surface area (Å²) in [7, 11) is -3.68. The van der Waals surface area contributed by atoms with Crippen molar-refractivity contribution in [1.82, 2.24) is 15.0 Å². The van der Waals surface area contributed by atoms with Crippen molar-refractivity contribution in [2.75, 3.05) is 6.54 Å². The molecule has 1 aromatic heterocycles. The van der Waals surface area contributed by atoms with Gasteiger partial charge in [0.05, 0.1) is 11.4 Å². The number of rotatable bonds is 6. The van der Waals surface area contributed by atoms with Crippen molar-refractivity contribution in [3.63, 3.8) is 0 Å². The number of aromatic nitrogens is 1. The van der Waals surface area contributed by atoms with Crippen LogP contribution in [0.5, 0.6) is 0 Å². The molecule has 0 aliphatic rings. The maximum absolute atomic E-state index is 12.1. The molecule has 1 aromatic carbocycles. The standard InChI is InChI=1S/C15H17N3O3S/c1-12-4-2-6-14(8-12)22(20,21)18-11-15(19)17-10-13-5-3-7-16-9-13/h2-9,18H,10-11H2,1H3,(H,17,19). The summed E-state index contributed by atoms with van der Waals surface area (Å²) < 4.78 is 26.4. The van der Waals surface area contributed by atoms with Crippen molar-refractivity contribution >= 4 is 15.9 Å². The maximum Gasteiger partial charge on any atom is 0.241 e. The summed E-state index contributed by atoms with van der Waals surface area (Å²) >= 11 is 0. The van der Waals surface area contributed by atoms with Crippen LogP contribution in [0, 0.1) is 6.92 Å². The molecule has 6 nitrogen and oxygen atoms in total. The molecule has 0 aliphatic heterocycles. The van der Waals surface area contributed by atoms with E-state index in [1.54, 1.807) is 43.6 Å². The number of pyridine rings is 1. The van der Waals surface area contributed by atoms with Crippen LogP contribution in [-0.4, -0.2) is 25.9 Å². The van der Waals surface area contributed by atoms with Crippen molar-refractivity contribution in [2.45, 2.75) is 18.4 Å².